The van der Waals surface area contributed by atoms with E-state index in [2.05, 4.69) is 5.32 Å². The molecule has 1 aromatic rings. The molecule has 0 bridgehead atoms. The molecular formula is C14H16ClF3N2O. The van der Waals surface area contributed by atoms with Gasteiger partial charge in [-0.15, -0.1) is 0 Å². The largest absolute Gasteiger partial charge is 0.416 e. The van der Waals surface area contributed by atoms with Crippen molar-refractivity contribution in [2.75, 3.05) is 13.6 Å². The number of nitrogens with one attached hydrogen (secondary N) is 1. The number of benzene rings is 1. The number of hydrogen-bond donors (Lipinski definition) is 1. The van der Waals surface area contributed by atoms with E-state index in [9.17, 15) is 18.0 Å². The molecule has 0 saturated carbocycles. The van der Waals surface area contributed by atoms with Crippen LogP contribution in [0.5, 0.6) is 0 Å². The van der Waals surface area contributed by atoms with Crippen molar-refractivity contribution in [3.63, 3.8) is 0 Å². The Morgan fingerprint density at radius 1 is 1.43 bits per heavy atom. The second kappa shape index (κ2) is 6.23. The molecule has 0 radical (unpaired) electrons. The number of piperidine rings is 1. The SMILES string of the molecule is CN1CC(NCc2cc(C(F)(F)F)ccc2Cl)CCC1=O. The van der Waals surface area contributed by atoms with Crippen LogP contribution in [0, 0.1) is 0 Å². The van der Waals surface area contributed by atoms with Crippen molar-refractivity contribution < 1.29 is 18.0 Å². The van der Waals surface area contributed by atoms with Crippen molar-refractivity contribution in [2.24, 2.45) is 0 Å². The number of alkyl halides is 3. The minimum atomic E-state index is -4.38. The maximum atomic E-state index is 12.7. The highest BCUT2D eigenvalue weighted by Gasteiger charge is 2.31. The molecule has 1 aliphatic rings. The first-order valence-electron chi connectivity index (χ1n) is 6.60. The van der Waals surface area contributed by atoms with E-state index in [4.69, 9.17) is 11.6 Å². The number of carbonyl (C=O) groups is 1. The Balaban J connectivity index is 2.01. The van der Waals surface area contributed by atoms with E-state index >= 15 is 0 Å². The van der Waals surface area contributed by atoms with Crippen LogP contribution < -0.4 is 5.32 Å². The molecule has 1 fully saturated rings. The van der Waals surface area contributed by atoms with E-state index in [1.165, 1.54) is 6.07 Å². The fourth-order valence-electron chi connectivity index (χ4n) is 2.32. The van der Waals surface area contributed by atoms with Gasteiger partial charge in [-0.25, -0.2) is 0 Å². The second-order valence-corrected chi connectivity index (χ2v) is 5.60. The second-order valence-electron chi connectivity index (χ2n) is 5.19. The fourth-order valence-corrected chi connectivity index (χ4v) is 2.50. The number of amides is 1. The summed E-state index contributed by atoms with van der Waals surface area (Å²) < 4.78 is 38.0. The third-order valence-electron chi connectivity index (χ3n) is 3.58. The Bertz CT molecular complexity index is 533. The van der Waals surface area contributed by atoms with Gasteiger partial charge in [-0.2, -0.15) is 13.2 Å². The highest BCUT2D eigenvalue weighted by Crippen LogP contribution is 2.31. The Morgan fingerprint density at radius 3 is 2.76 bits per heavy atom. The summed E-state index contributed by atoms with van der Waals surface area (Å²) in [5, 5.41) is 3.46. The van der Waals surface area contributed by atoms with E-state index in [1.54, 1.807) is 11.9 Å². The van der Waals surface area contributed by atoms with Gasteiger partial charge in [0.25, 0.3) is 0 Å². The lowest BCUT2D eigenvalue weighted by Crippen LogP contribution is -2.46. The van der Waals surface area contributed by atoms with Crippen LogP contribution in [0.25, 0.3) is 0 Å². The quantitative estimate of drug-likeness (QED) is 0.928. The van der Waals surface area contributed by atoms with Gasteiger partial charge in [0.1, 0.15) is 0 Å². The van der Waals surface area contributed by atoms with Gasteiger partial charge in [0.15, 0.2) is 0 Å². The first-order chi connectivity index (χ1) is 9.77. The topological polar surface area (TPSA) is 32.3 Å². The predicted molar refractivity (Wildman–Crippen MR) is 74.0 cm³/mol. The van der Waals surface area contributed by atoms with Crippen LogP contribution in [0.1, 0.15) is 24.0 Å². The number of rotatable bonds is 3. The molecule has 21 heavy (non-hydrogen) atoms. The average Bonchev–Trinajstić information content (AvgIpc) is 2.40. The van der Waals surface area contributed by atoms with E-state index in [1.807, 2.05) is 0 Å². The van der Waals surface area contributed by atoms with Crippen LogP contribution in [0.15, 0.2) is 18.2 Å². The number of nitrogens with zero attached hydrogens (tertiary/aromatic N) is 1. The molecule has 7 heteroatoms. The Morgan fingerprint density at radius 2 is 2.14 bits per heavy atom. The van der Waals surface area contributed by atoms with Gasteiger partial charge < -0.3 is 10.2 Å². The van der Waals surface area contributed by atoms with Gasteiger partial charge >= 0.3 is 6.18 Å². The molecule has 1 aromatic carbocycles. The van der Waals surface area contributed by atoms with Crippen molar-refractivity contribution in [3.05, 3.63) is 34.3 Å². The highest BCUT2D eigenvalue weighted by molar-refractivity contribution is 6.31. The molecule has 1 N–H and O–H groups in total. The van der Waals surface area contributed by atoms with E-state index in [0.717, 1.165) is 12.1 Å². The van der Waals surface area contributed by atoms with Crippen LogP contribution in [0.3, 0.4) is 0 Å². The summed E-state index contributed by atoms with van der Waals surface area (Å²) in [6, 6.07) is 3.36. The smallest absolute Gasteiger partial charge is 0.344 e. The van der Waals surface area contributed by atoms with Crippen molar-refractivity contribution in [2.45, 2.75) is 31.6 Å². The molecule has 0 aromatic heterocycles. The number of likely N-dealkylation sites (tertiary alicyclic amines) is 1. The lowest BCUT2D eigenvalue weighted by Gasteiger charge is -2.30. The van der Waals surface area contributed by atoms with Crippen molar-refractivity contribution in [1.82, 2.24) is 10.2 Å². The van der Waals surface area contributed by atoms with Crippen LogP contribution >= 0.6 is 11.6 Å². The normalized spacial score (nSPS) is 20.0. The van der Waals surface area contributed by atoms with E-state index in [-0.39, 0.29) is 18.5 Å². The molecule has 1 unspecified atom stereocenters. The Labute approximate surface area is 126 Å². The zero-order chi connectivity index (χ0) is 15.6. The Hall–Kier alpha value is -1.27. The van der Waals surface area contributed by atoms with Gasteiger partial charge in [-0.1, -0.05) is 11.6 Å². The zero-order valence-electron chi connectivity index (χ0n) is 11.5. The van der Waals surface area contributed by atoms with Gasteiger partial charge in [-0.3, -0.25) is 4.79 Å². The van der Waals surface area contributed by atoms with Crippen LogP contribution in [0.2, 0.25) is 5.02 Å². The van der Waals surface area contributed by atoms with Crippen LogP contribution in [-0.2, 0) is 17.5 Å². The van der Waals surface area contributed by atoms with Gasteiger partial charge in [0.05, 0.1) is 5.56 Å². The third kappa shape index (κ3) is 4.11. The third-order valence-corrected chi connectivity index (χ3v) is 3.95. The van der Waals surface area contributed by atoms with Crippen LogP contribution in [0.4, 0.5) is 13.2 Å². The predicted octanol–water partition coefficient (Wildman–Crippen LogP) is 3.07. The van der Waals surface area contributed by atoms with Crippen molar-refractivity contribution >= 4 is 17.5 Å². The summed E-state index contributed by atoms with van der Waals surface area (Å²) in [6.45, 7) is 0.796. The maximum Gasteiger partial charge on any atom is 0.416 e. The van der Waals surface area contributed by atoms with Gasteiger partial charge in [0.2, 0.25) is 5.91 Å². The molecule has 2 rings (SSSR count). The van der Waals surface area contributed by atoms with Crippen molar-refractivity contribution in [1.29, 1.82) is 0 Å². The van der Waals surface area contributed by atoms with Crippen molar-refractivity contribution in [3.8, 4) is 0 Å². The molecule has 1 heterocycles. The standard InChI is InChI=1S/C14H16ClF3N2O/c1-20-8-11(3-5-13(20)21)19-7-9-6-10(14(16,17)18)2-4-12(9)15/h2,4,6,11,19H,3,5,7-8H2,1H3. The minimum absolute atomic E-state index is 0.0679. The lowest BCUT2D eigenvalue weighted by atomic mass is 10.0. The average molecular weight is 321 g/mol. The zero-order valence-corrected chi connectivity index (χ0v) is 12.3. The molecule has 3 nitrogen and oxygen atoms in total. The van der Waals surface area contributed by atoms with E-state index < -0.39 is 11.7 Å². The summed E-state index contributed by atoms with van der Waals surface area (Å²) in [5.74, 6) is 0.0881. The molecule has 1 amide bonds. The Kier molecular flexibility index (Phi) is 4.78. The number of carbonyl (C=O) groups excluding carboxylic acids is 1. The van der Waals surface area contributed by atoms with Crippen LogP contribution in [-0.4, -0.2) is 30.4 Å². The lowest BCUT2D eigenvalue weighted by molar-refractivity contribution is -0.137. The highest BCUT2D eigenvalue weighted by atomic mass is 35.5. The maximum absolute atomic E-state index is 12.7. The summed E-state index contributed by atoms with van der Waals surface area (Å²) in [5.41, 5.74) is -0.300. The summed E-state index contributed by atoms with van der Waals surface area (Å²) >= 11 is 5.94. The first-order valence-corrected chi connectivity index (χ1v) is 6.98. The van der Waals surface area contributed by atoms with Gasteiger partial charge in [0, 0.05) is 37.6 Å². The molecule has 1 saturated heterocycles. The minimum Gasteiger partial charge on any atom is -0.344 e. The summed E-state index contributed by atoms with van der Waals surface area (Å²) in [4.78, 5) is 13.0. The molecule has 116 valence electrons. The van der Waals surface area contributed by atoms with E-state index in [0.29, 0.717) is 30.0 Å². The molecular weight excluding hydrogens is 305 g/mol. The summed E-state index contributed by atoms with van der Waals surface area (Å²) in [6.07, 6.45) is -3.25. The monoisotopic (exact) mass is 320 g/mol. The first kappa shape index (κ1) is 16.1. The molecule has 1 atom stereocenters. The number of hydrogen-bond acceptors (Lipinski definition) is 2. The van der Waals surface area contributed by atoms with Gasteiger partial charge in [-0.05, 0) is 30.2 Å². The summed E-state index contributed by atoms with van der Waals surface area (Å²) in [7, 11) is 1.72. The number of likely N-dealkylation sites (N-methyl/N-ethyl adjacent to an activating group) is 1. The molecule has 1 aliphatic heterocycles. The molecule has 0 aliphatic carbocycles. The molecule has 0 spiro atoms. The fraction of sp³-hybridized carbons (Fsp3) is 0.500. The number of halogens is 4.